The highest BCUT2D eigenvalue weighted by molar-refractivity contribution is 6.82. The predicted octanol–water partition coefficient (Wildman–Crippen LogP) is 2.97. The number of hydrogen-bond donors (Lipinski definition) is 0. The standard InChI is InChI=1S/C9H18OSi/c1-6-7-8-10-9(2)11(3,4)5/h6-7H,2,8H2,1,3-5H3/b7-6+. The van der Waals surface area contributed by atoms with Gasteiger partial charge in [-0.25, -0.2) is 0 Å². The van der Waals surface area contributed by atoms with E-state index in [9.17, 15) is 0 Å². The first-order valence-electron chi connectivity index (χ1n) is 3.92. The highest BCUT2D eigenvalue weighted by Crippen LogP contribution is 2.12. The third-order valence-corrected chi connectivity index (χ3v) is 3.24. The van der Waals surface area contributed by atoms with E-state index in [1.807, 2.05) is 19.1 Å². The van der Waals surface area contributed by atoms with Crippen LogP contribution in [0, 0.1) is 0 Å². The molecular weight excluding hydrogens is 152 g/mol. The second-order valence-corrected chi connectivity index (χ2v) is 8.61. The summed E-state index contributed by atoms with van der Waals surface area (Å²) < 4.78 is 5.43. The molecule has 0 aromatic rings. The summed E-state index contributed by atoms with van der Waals surface area (Å²) in [5, 5.41) is 0.982. The lowest BCUT2D eigenvalue weighted by atomic mass is 10.6. The minimum Gasteiger partial charge on any atom is -0.500 e. The van der Waals surface area contributed by atoms with Crippen LogP contribution in [0.25, 0.3) is 0 Å². The Hall–Kier alpha value is -0.503. The first kappa shape index (κ1) is 10.5. The van der Waals surface area contributed by atoms with Crippen LogP contribution in [0.5, 0.6) is 0 Å². The zero-order valence-electron chi connectivity index (χ0n) is 7.98. The molecule has 0 aliphatic rings. The fourth-order valence-electron chi connectivity index (χ4n) is 0.461. The Morgan fingerprint density at radius 3 is 2.36 bits per heavy atom. The topological polar surface area (TPSA) is 9.23 Å². The van der Waals surface area contributed by atoms with E-state index in [-0.39, 0.29) is 0 Å². The van der Waals surface area contributed by atoms with E-state index < -0.39 is 8.07 Å². The first-order chi connectivity index (χ1) is 4.98. The van der Waals surface area contributed by atoms with Gasteiger partial charge in [-0.3, -0.25) is 0 Å². The molecular formula is C9H18OSi. The zero-order chi connectivity index (χ0) is 8.91. The lowest BCUT2D eigenvalue weighted by Crippen LogP contribution is -2.25. The van der Waals surface area contributed by atoms with Crippen molar-refractivity contribution in [3.63, 3.8) is 0 Å². The number of hydrogen-bond acceptors (Lipinski definition) is 1. The van der Waals surface area contributed by atoms with E-state index in [2.05, 4.69) is 26.2 Å². The van der Waals surface area contributed by atoms with E-state index in [0.29, 0.717) is 6.61 Å². The summed E-state index contributed by atoms with van der Waals surface area (Å²) >= 11 is 0. The van der Waals surface area contributed by atoms with E-state index in [1.54, 1.807) is 0 Å². The molecule has 0 aromatic carbocycles. The Balaban J connectivity index is 3.71. The van der Waals surface area contributed by atoms with Crippen molar-refractivity contribution in [2.75, 3.05) is 6.61 Å². The lowest BCUT2D eigenvalue weighted by Gasteiger charge is -2.18. The summed E-state index contributed by atoms with van der Waals surface area (Å²) in [6, 6.07) is 0. The molecule has 0 aromatic heterocycles. The third-order valence-electron chi connectivity index (χ3n) is 1.43. The normalized spacial score (nSPS) is 12.0. The minimum atomic E-state index is -1.26. The Labute approximate surface area is 70.8 Å². The Morgan fingerprint density at radius 1 is 1.45 bits per heavy atom. The van der Waals surface area contributed by atoms with Gasteiger partial charge in [0, 0.05) is 0 Å². The molecule has 0 N–H and O–H groups in total. The van der Waals surface area contributed by atoms with Crippen LogP contribution < -0.4 is 0 Å². The average Bonchev–Trinajstić information content (AvgIpc) is 1.86. The predicted molar refractivity (Wildman–Crippen MR) is 53.3 cm³/mol. The van der Waals surface area contributed by atoms with Crippen molar-refractivity contribution < 1.29 is 4.74 Å². The van der Waals surface area contributed by atoms with Crippen molar-refractivity contribution >= 4 is 8.07 Å². The molecule has 0 aliphatic carbocycles. The van der Waals surface area contributed by atoms with Crippen molar-refractivity contribution in [3.05, 3.63) is 24.1 Å². The monoisotopic (exact) mass is 170 g/mol. The van der Waals surface area contributed by atoms with Crippen LogP contribution in [0.4, 0.5) is 0 Å². The molecule has 0 rings (SSSR count). The lowest BCUT2D eigenvalue weighted by molar-refractivity contribution is 0.271. The van der Waals surface area contributed by atoms with Crippen LogP contribution in [0.1, 0.15) is 6.92 Å². The molecule has 0 bridgehead atoms. The van der Waals surface area contributed by atoms with Crippen LogP contribution in [0.15, 0.2) is 24.1 Å². The summed E-state index contributed by atoms with van der Waals surface area (Å²) in [4.78, 5) is 0. The van der Waals surface area contributed by atoms with Crippen molar-refractivity contribution in [2.45, 2.75) is 26.6 Å². The van der Waals surface area contributed by atoms with Gasteiger partial charge in [-0.05, 0) is 6.92 Å². The van der Waals surface area contributed by atoms with E-state index in [1.165, 1.54) is 0 Å². The van der Waals surface area contributed by atoms with Gasteiger partial charge in [-0.15, -0.1) is 0 Å². The molecule has 0 atom stereocenters. The Kier molecular flexibility index (Phi) is 4.19. The van der Waals surface area contributed by atoms with E-state index in [0.717, 1.165) is 5.38 Å². The minimum absolute atomic E-state index is 0.666. The number of ether oxygens (including phenoxy) is 1. The summed E-state index contributed by atoms with van der Waals surface area (Å²) in [5.74, 6) is 0. The van der Waals surface area contributed by atoms with Crippen molar-refractivity contribution in [3.8, 4) is 0 Å². The largest absolute Gasteiger partial charge is 0.500 e. The van der Waals surface area contributed by atoms with Gasteiger partial charge in [-0.1, -0.05) is 38.4 Å². The van der Waals surface area contributed by atoms with Gasteiger partial charge >= 0.3 is 0 Å². The Bertz CT molecular complexity index is 153. The van der Waals surface area contributed by atoms with Gasteiger partial charge in [0.25, 0.3) is 0 Å². The highest BCUT2D eigenvalue weighted by atomic mass is 28.3. The van der Waals surface area contributed by atoms with Gasteiger partial charge in [-0.2, -0.15) is 0 Å². The van der Waals surface area contributed by atoms with Crippen LogP contribution in [-0.2, 0) is 4.74 Å². The average molecular weight is 170 g/mol. The summed E-state index contributed by atoms with van der Waals surface area (Å²) in [6.45, 7) is 13.2. The molecule has 0 fully saturated rings. The number of rotatable bonds is 4. The van der Waals surface area contributed by atoms with Crippen LogP contribution >= 0.6 is 0 Å². The quantitative estimate of drug-likeness (QED) is 0.358. The van der Waals surface area contributed by atoms with Gasteiger partial charge < -0.3 is 4.74 Å². The maximum atomic E-state index is 5.43. The molecule has 0 unspecified atom stereocenters. The molecule has 0 saturated carbocycles. The van der Waals surface area contributed by atoms with Gasteiger partial charge in [0.2, 0.25) is 0 Å². The third kappa shape index (κ3) is 4.84. The maximum Gasteiger partial charge on any atom is 0.121 e. The Morgan fingerprint density at radius 2 is 2.00 bits per heavy atom. The second kappa shape index (κ2) is 4.39. The van der Waals surface area contributed by atoms with E-state index >= 15 is 0 Å². The molecule has 0 aliphatic heterocycles. The zero-order valence-corrected chi connectivity index (χ0v) is 8.98. The molecule has 0 spiro atoms. The molecule has 0 saturated heterocycles. The smallest absolute Gasteiger partial charge is 0.121 e. The highest BCUT2D eigenvalue weighted by Gasteiger charge is 2.18. The van der Waals surface area contributed by atoms with Gasteiger partial charge in [0.15, 0.2) is 0 Å². The molecule has 64 valence electrons. The SMILES string of the molecule is C=C(OC/C=C/C)[Si](C)(C)C. The van der Waals surface area contributed by atoms with Crippen molar-refractivity contribution in [1.29, 1.82) is 0 Å². The molecule has 1 nitrogen and oxygen atoms in total. The van der Waals surface area contributed by atoms with Crippen LogP contribution in [-0.4, -0.2) is 14.7 Å². The fraction of sp³-hybridized carbons (Fsp3) is 0.556. The molecule has 0 amide bonds. The van der Waals surface area contributed by atoms with Crippen molar-refractivity contribution in [2.24, 2.45) is 0 Å². The maximum absolute atomic E-state index is 5.43. The van der Waals surface area contributed by atoms with Gasteiger partial charge in [0.05, 0.1) is 5.38 Å². The molecule has 0 heterocycles. The fourth-order valence-corrected chi connectivity index (χ4v) is 0.978. The van der Waals surface area contributed by atoms with Crippen molar-refractivity contribution in [1.82, 2.24) is 0 Å². The summed E-state index contributed by atoms with van der Waals surface area (Å²) in [5.41, 5.74) is 0. The summed E-state index contributed by atoms with van der Waals surface area (Å²) in [6.07, 6.45) is 3.98. The summed E-state index contributed by atoms with van der Waals surface area (Å²) in [7, 11) is -1.26. The molecule has 11 heavy (non-hydrogen) atoms. The van der Waals surface area contributed by atoms with Crippen LogP contribution in [0.2, 0.25) is 19.6 Å². The number of allylic oxidation sites excluding steroid dienone is 1. The van der Waals surface area contributed by atoms with Crippen LogP contribution in [0.3, 0.4) is 0 Å². The van der Waals surface area contributed by atoms with E-state index in [4.69, 9.17) is 4.74 Å². The first-order valence-corrected chi connectivity index (χ1v) is 7.42. The second-order valence-electron chi connectivity index (χ2n) is 3.55. The molecule has 0 radical (unpaired) electrons. The van der Waals surface area contributed by atoms with Gasteiger partial charge in [0.1, 0.15) is 14.7 Å². The molecule has 2 heteroatoms.